The number of nitrogens with one attached hydrogen (secondary N) is 2. The highest BCUT2D eigenvalue weighted by Crippen LogP contribution is 2.11. The molecule has 0 saturated carbocycles. The molecule has 1 heterocycles. The molecule has 2 N–H and O–H groups in total. The van der Waals surface area contributed by atoms with Crippen LogP contribution in [0.4, 0.5) is 5.69 Å². The van der Waals surface area contributed by atoms with Crippen LogP contribution in [0.1, 0.15) is 23.2 Å². The van der Waals surface area contributed by atoms with Gasteiger partial charge in [0.15, 0.2) is 0 Å². The summed E-state index contributed by atoms with van der Waals surface area (Å²) in [5.74, 6) is -0.135. The Hall–Kier alpha value is -1.88. The Morgan fingerprint density at radius 2 is 1.79 bits per heavy atom. The lowest BCUT2D eigenvalue weighted by Crippen LogP contribution is -2.30. The fourth-order valence-electron chi connectivity index (χ4n) is 2.19. The van der Waals surface area contributed by atoms with Crippen LogP contribution in [0, 0.1) is 0 Å². The van der Waals surface area contributed by atoms with Crippen LogP contribution in [0.15, 0.2) is 24.3 Å². The topological polar surface area (TPSA) is 61.4 Å². The molecule has 19 heavy (non-hydrogen) atoms. The molecule has 5 nitrogen and oxygen atoms in total. The number of likely N-dealkylation sites (tertiary alicyclic amines) is 1. The van der Waals surface area contributed by atoms with Gasteiger partial charge in [0.2, 0.25) is 5.91 Å². The molecular formula is C14H19N3O2. The highest BCUT2D eigenvalue weighted by atomic mass is 16.2. The second-order valence-electron chi connectivity index (χ2n) is 4.69. The summed E-state index contributed by atoms with van der Waals surface area (Å²) in [5.41, 5.74) is 1.30. The molecule has 102 valence electrons. The van der Waals surface area contributed by atoms with Crippen molar-refractivity contribution < 1.29 is 9.59 Å². The largest absolute Gasteiger partial charge is 0.355 e. The van der Waals surface area contributed by atoms with E-state index in [9.17, 15) is 9.59 Å². The van der Waals surface area contributed by atoms with E-state index in [1.807, 2.05) is 0 Å². The van der Waals surface area contributed by atoms with E-state index in [1.54, 1.807) is 31.3 Å². The zero-order valence-corrected chi connectivity index (χ0v) is 11.1. The zero-order chi connectivity index (χ0) is 13.7. The van der Waals surface area contributed by atoms with Crippen LogP contribution in [0.25, 0.3) is 0 Å². The Morgan fingerprint density at radius 1 is 1.16 bits per heavy atom. The molecule has 1 aliphatic rings. The molecular weight excluding hydrogens is 242 g/mol. The molecule has 1 aromatic carbocycles. The smallest absolute Gasteiger partial charge is 0.251 e. The average Bonchev–Trinajstić information content (AvgIpc) is 2.91. The minimum atomic E-state index is -0.130. The molecule has 0 aliphatic carbocycles. The summed E-state index contributed by atoms with van der Waals surface area (Å²) in [6.07, 6.45) is 2.35. The van der Waals surface area contributed by atoms with Crippen LogP contribution < -0.4 is 10.6 Å². The molecule has 0 aromatic heterocycles. The average molecular weight is 261 g/mol. The molecule has 1 aromatic rings. The molecule has 0 unspecified atom stereocenters. The van der Waals surface area contributed by atoms with Gasteiger partial charge in [0, 0.05) is 18.3 Å². The lowest BCUT2D eigenvalue weighted by atomic mass is 10.2. The standard InChI is InChI=1S/C14H19N3O2/c1-15-14(19)11-4-6-12(7-5-11)16-13(18)10-17-8-2-3-9-17/h4-7H,2-3,8-10H2,1H3,(H,15,19)(H,16,18). The highest BCUT2D eigenvalue weighted by Gasteiger charge is 2.15. The summed E-state index contributed by atoms with van der Waals surface area (Å²) in [7, 11) is 1.59. The van der Waals surface area contributed by atoms with Crippen molar-refractivity contribution >= 4 is 17.5 Å². The van der Waals surface area contributed by atoms with E-state index in [0.29, 0.717) is 12.1 Å². The predicted octanol–water partition coefficient (Wildman–Crippen LogP) is 1.08. The number of hydrogen-bond acceptors (Lipinski definition) is 3. The monoisotopic (exact) mass is 261 g/mol. The number of hydrogen-bond donors (Lipinski definition) is 2. The number of nitrogens with zero attached hydrogens (tertiary/aromatic N) is 1. The predicted molar refractivity (Wildman–Crippen MR) is 74.1 cm³/mol. The van der Waals surface area contributed by atoms with E-state index in [1.165, 1.54) is 12.8 Å². The van der Waals surface area contributed by atoms with E-state index >= 15 is 0 Å². The van der Waals surface area contributed by atoms with Gasteiger partial charge in [-0.1, -0.05) is 0 Å². The zero-order valence-electron chi connectivity index (χ0n) is 11.1. The fourth-order valence-corrected chi connectivity index (χ4v) is 2.19. The third-order valence-corrected chi connectivity index (χ3v) is 3.22. The molecule has 2 rings (SSSR count). The van der Waals surface area contributed by atoms with Gasteiger partial charge in [-0.15, -0.1) is 0 Å². The normalized spacial score (nSPS) is 15.2. The van der Waals surface area contributed by atoms with Gasteiger partial charge in [-0.25, -0.2) is 0 Å². The second-order valence-corrected chi connectivity index (χ2v) is 4.69. The number of anilines is 1. The van der Waals surface area contributed by atoms with Crippen LogP contribution >= 0.6 is 0 Å². The van der Waals surface area contributed by atoms with Gasteiger partial charge in [0.1, 0.15) is 0 Å². The first-order chi connectivity index (χ1) is 9.19. The first kappa shape index (κ1) is 13.5. The van der Waals surface area contributed by atoms with E-state index in [-0.39, 0.29) is 11.8 Å². The number of benzene rings is 1. The minimum absolute atomic E-state index is 0.00501. The van der Waals surface area contributed by atoms with Crippen LogP contribution in [0.3, 0.4) is 0 Å². The van der Waals surface area contributed by atoms with Gasteiger partial charge in [0.05, 0.1) is 6.54 Å². The summed E-state index contributed by atoms with van der Waals surface area (Å²) in [4.78, 5) is 25.3. The molecule has 0 spiro atoms. The lowest BCUT2D eigenvalue weighted by Gasteiger charge is -2.14. The maximum atomic E-state index is 11.8. The van der Waals surface area contributed by atoms with Crippen molar-refractivity contribution in [1.29, 1.82) is 0 Å². The number of rotatable bonds is 4. The Kier molecular flexibility index (Phi) is 4.52. The van der Waals surface area contributed by atoms with Gasteiger partial charge < -0.3 is 10.6 Å². The van der Waals surface area contributed by atoms with Crippen molar-refractivity contribution in [3.8, 4) is 0 Å². The van der Waals surface area contributed by atoms with Crippen molar-refractivity contribution in [3.05, 3.63) is 29.8 Å². The number of carbonyl (C=O) groups is 2. The summed E-state index contributed by atoms with van der Waals surface area (Å²) in [6, 6.07) is 6.88. The van der Waals surface area contributed by atoms with Crippen LogP contribution in [0.5, 0.6) is 0 Å². The molecule has 2 amide bonds. The number of carbonyl (C=O) groups excluding carboxylic acids is 2. The van der Waals surface area contributed by atoms with Gasteiger partial charge in [-0.3, -0.25) is 14.5 Å². The summed E-state index contributed by atoms with van der Waals surface area (Å²) in [6.45, 7) is 2.45. The third-order valence-electron chi connectivity index (χ3n) is 3.22. The molecule has 0 bridgehead atoms. The maximum Gasteiger partial charge on any atom is 0.251 e. The molecule has 0 radical (unpaired) electrons. The lowest BCUT2D eigenvalue weighted by molar-refractivity contribution is -0.117. The first-order valence-corrected chi connectivity index (χ1v) is 6.53. The van der Waals surface area contributed by atoms with Crippen molar-refractivity contribution in [2.24, 2.45) is 0 Å². The molecule has 1 saturated heterocycles. The summed E-state index contributed by atoms with van der Waals surface area (Å²) in [5, 5.41) is 5.40. The minimum Gasteiger partial charge on any atom is -0.355 e. The molecule has 0 atom stereocenters. The van der Waals surface area contributed by atoms with Gasteiger partial charge in [-0.05, 0) is 50.2 Å². The van der Waals surface area contributed by atoms with Gasteiger partial charge in [0.25, 0.3) is 5.91 Å². The molecule has 5 heteroatoms. The summed E-state index contributed by atoms with van der Waals surface area (Å²) < 4.78 is 0. The molecule has 1 aliphatic heterocycles. The Balaban J connectivity index is 1.88. The van der Waals surface area contributed by atoms with Gasteiger partial charge in [-0.2, -0.15) is 0 Å². The Labute approximate surface area is 113 Å². The van der Waals surface area contributed by atoms with Crippen LogP contribution in [-0.2, 0) is 4.79 Å². The van der Waals surface area contributed by atoms with Gasteiger partial charge >= 0.3 is 0 Å². The van der Waals surface area contributed by atoms with Crippen molar-refractivity contribution in [2.45, 2.75) is 12.8 Å². The first-order valence-electron chi connectivity index (χ1n) is 6.53. The Morgan fingerprint density at radius 3 is 2.37 bits per heavy atom. The van der Waals surface area contributed by atoms with Crippen molar-refractivity contribution in [1.82, 2.24) is 10.2 Å². The van der Waals surface area contributed by atoms with E-state index < -0.39 is 0 Å². The van der Waals surface area contributed by atoms with E-state index in [4.69, 9.17) is 0 Å². The Bertz CT molecular complexity index is 450. The molecule has 1 fully saturated rings. The number of amides is 2. The highest BCUT2D eigenvalue weighted by molar-refractivity contribution is 5.96. The third kappa shape index (κ3) is 3.79. The van der Waals surface area contributed by atoms with Crippen LogP contribution in [0.2, 0.25) is 0 Å². The van der Waals surface area contributed by atoms with E-state index in [0.717, 1.165) is 18.8 Å². The fraction of sp³-hybridized carbons (Fsp3) is 0.429. The summed E-state index contributed by atoms with van der Waals surface area (Å²) >= 11 is 0. The van der Waals surface area contributed by atoms with Crippen molar-refractivity contribution in [3.63, 3.8) is 0 Å². The quantitative estimate of drug-likeness (QED) is 0.852. The van der Waals surface area contributed by atoms with Crippen LogP contribution in [-0.4, -0.2) is 43.4 Å². The maximum absolute atomic E-state index is 11.8. The SMILES string of the molecule is CNC(=O)c1ccc(NC(=O)CN2CCCC2)cc1. The van der Waals surface area contributed by atoms with E-state index in [2.05, 4.69) is 15.5 Å². The second kappa shape index (κ2) is 6.33. The van der Waals surface area contributed by atoms with Crippen molar-refractivity contribution in [2.75, 3.05) is 32.0 Å².